The second-order valence-electron chi connectivity index (χ2n) is 15.3. The van der Waals surface area contributed by atoms with Crippen LogP contribution in [0.15, 0.2) is 182 Å². The molecule has 4 heterocycles. The lowest BCUT2D eigenvalue weighted by atomic mass is 9.33. The first-order valence-electron chi connectivity index (χ1n) is 19.5. The summed E-state index contributed by atoms with van der Waals surface area (Å²) in [6.07, 6.45) is 0. The standard InChI is InChI=1S/C51H36BN4/c1-33-16-15-21-39-38-29-28-34(30-46(38)56-45-27-14-13-26-44(45)53(2)51(56)49(33)39)35-31-47-50-48(32-35)55(37-19-7-4-8-20-37)43-25-12-10-23-41(43)52(50)40-22-9-11-24-42(40)54(47)36-17-5-3-6-18-36/h3-32H,1-2H3/q+1. The van der Waals surface area contributed by atoms with Gasteiger partial charge in [0.2, 0.25) is 0 Å². The predicted octanol–water partition coefficient (Wildman–Crippen LogP) is 10.3. The molecular formula is C51H36BN4+. The van der Waals surface area contributed by atoms with E-state index in [1.807, 2.05) is 0 Å². The molecule has 2 aromatic heterocycles. The van der Waals surface area contributed by atoms with Gasteiger partial charge in [0.1, 0.15) is 5.52 Å². The van der Waals surface area contributed by atoms with Gasteiger partial charge in [-0.25, -0.2) is 4.57 Å². The van der Waals surface area contributed by atoms with Gasteiger partial charge in [0.25, 0.3) is 12.4 Å². The van der Waals surface area contributed by atoms with Gasteiger partial charge in [0, 0.05) is 44.9 Å². The molecule has 0 spiro atoms. The Balaban J connectivity index is 1.21. The number of imidazole rings is 1. The van der Waals surface area contributed by atoms with Crippen LogP contribution in [-0.2, 0) is 7.05 Å². The third kappa shape index (κ3) is 4.23. The van der Waals surface area contributed by atoms with Gasteiger partial charge in [-0.15, -0.1) is 0 Å². The van der Waals surface area contributed by atoms with Gasteiger partial charge >= 0.3 is 0 Å². The number of nitrogens with zero attached hydrogens (tertiary/aromatic N) is 4. The molecule has 0 radical (unpaired) electrons. The average molecular weight is 716 g/mol. The summed E-state index contributed by atoms with van der Waals surface area (Å²) in [6, 6.07) is 67.2. The molecule has 2 aliphatic rings. The maximum Gasteiger partial charge on any atom is 0.295 e. The number of para-hydroxylation sites is 6. The number of pyridine rings is 1. The van der Waals surface area contributed by atoms with Crippen molar-refractivity contribution in [3.8, 4) is 11.1 Å². The minimum absolute atomic E-state index is 0.0819. The van der Waals surface area contributed by atoms with Crippen LogP contribution in [0.25, 0.3) is 49.5 Å². The minimum Gasteiger partial charge on any atom is -0.311 e. The third-order valence-corrected chi connectivity index (χ3v) is 12.3. The molecule has 0 saturated heterocycles. The lowest BCUT2D eigenvalue weighted by Crippen LogP contribution is -2.61. The summed E-state index contributed by atoms with van der Waals surface area (Å²) in [6.45, 7) is 2.32. The summed E-state index contributed by atoms with van der Waals surface area (Å²) in [5.41, 5.74) is 19.6. The highest BCUT2D eigenvalue weighted by molar-refractivity contribution is 7.00. The first-order chi connectivity index (χ1) is 27.7. The molecule has 262 valence electrons. The Bertz CT molecular complexity index is 3130. The van der Waals surface area contributed by atoms with Crippen LogP contribution in [0.4, 0.5) is 34.1 Å². The van der Waals surface area contributed by atoms with Crippen LogP contribution in [0.2, 0.25) is 0 Å². The molecule has 12 rings (SSSR count). The molecule has 5 heteroatoms. The van der Waals surface area contributed by atoms with Gasteiger partial charge in [-0.05, 0) is 113 Å². The quantitative estimate of drug-likeness (QED) is 0.103. The van der Waals surface area contributed by atoms with E-state index in [0.717, 1.165) is 11.4 Å². The highest BCUT2D eigenvalue weighted by Gasteiger charge is 2.43. The summed E-state index contributed by atoms with van der Waals surface area (Å²) in [7, 11) is 2.20. The van der Waals surface area contributed by atoms with E-state index in [1.165, 1.54) is 94.2 Å². The molecule has 8 aromatic carbocycles. The Labute approximate surface area is 325 Å². The van der Waals surface area contributed by atoms with Crippen molar-refractivity contribution >= 4 is 95.6 Å². The van der Waals surface area contributed by atoms with E-state index in [0.29, 0.717) is 0 Å². The molecule has 10 aromatic rings. The molecule has 0 bridgehead atoms. The van der Waals surface area contributed by atoms with Gasteiger partial charge in [0.05, 0.1) is 12.4 Å². The Morgan fingerprint density at radius 3 is 1.71 bits per heavy atom. The number of hydrogen-bond acceptors (Lipinski definition) is 2. The van der Waals surface area contributed by atoms with Crippen molar-refractivity contribution in [1.82, 2.24) is 4.40 Å². The molecular weight excluding hydrogens is 679 g/mol. The van der Waals surface area contributed by atoms with Crippen molar-refractivity contribution < 1.29 is 4.57 Å². The van der Waals surface area contributed by atoms with E-state index < -0.39 is 0 Å². The summed E-state index contributed by atoms with van der Waals surface area (Å²) >= 11 is 0. The highest BCUT2D eigenvalue weighted by Crippen LogP contribution is 2.46. The van der Waals surface area contributed by atoms with Gasteiger partial charge in [-0.3, -0.25) is 0 Å². The zero-order valence-electron chi connectivity index (χ0n) is 31.2. The molecule has 2 aliphatic heterocycles. The minimum atomic E-state index is 0.0819. The maximum absolute atomic E-state index is 2.49. The summed E-state index contributed by atoms with van der Waals surface area (Å²) < 4.78 is 4.85. The largest absolute Gasteiger partial charge is 0.311 e. The van der Waals surface area contributed by atoms with Gasteiger partial charge < -0.3 is 9.80 Å². The van der Waals surface area contributed by atoms with Gasteiger partial charge in [-0.2, -0.15) is 4.40 Å². The number of anilines is 6. The SMILES string of the molecule is Cc1cccc2c3ccc(-c4cc5c6c(c4)N(c4ccccc4)c4ccccc4B6c4ccccc4N5c4ccccc4)cc3n3c4ccccc4[n+](C)c3c12. The fourth-order valence-electron chi connectivity index (χ4n) is 9.93. The second-order valence-corrected chi connectivity index (χ2v) is 15.3. The van der Waals surface area contributed by atoms with Crippen molar-refractivity contribution in [2.75, 3.05) is 9.80 Å². The summed E-state index contributed by atoms with van der Waals surface area (Å²) in [4.78, 5) is 4.97. The Hall–Kier alpha value is -7.11. The van der Waals surface area contributed by atoms with Crippen molar-refractivity contribution in [3.05, 3.63) is 188 Å². The number of benzene rings is 8. The van der Waals surface area contributed by atoms with Gasteiger partial charge in [0.15, 0.2) is 11.0 Å². The first kappa shape index (κ1) is 31.3. The normalized spacial score (nSPS) is 13.1. The highest BCUT2D eigenvalue weighted by atomic mass is 15.2. The van der Waals surface area contributed by atoms with Crippen LogP contribution in [0.5, 0.6) is 0 Å². The Morgan fingerprint density at radius 1 is 0.464 bits per heavy atom. The van der Waals surface area contributed by atoms with Crippen LogP contribution in [0.3, 0.4) is 0 Å². The van der Waals surface area contributed by atoms with Crippen molar-refractivity contribution in [3.63, 3.8) is 0 Å². The smallest absolute Gasteiger partial charge is 0.295 e. The molecule has 0 amide bonds. The van der Waals surface area contributed by atoms with Crippen molar-refractivity contribution in [1.29, 1.82) is 0 Å². The molecule has 56 heavy (non-hydrogen) atoms. The molecule has 4 nitrogen and oxygen atoms in total. The Kier molecular flexibility index (Phi) is 6.53. The predicted molar refractivity (Wildman–Crippen MR) is 235 cm³/mol. The van der Waals surface area contributed by atoms with E-state index in [1.54, 1.807) is 0 Å². The summed E-state index contributed by atoms with van der Waals surface area (Å²) in [5, 5.41) is 3.82. The maximum atomic E-state index is 2.49. The Morgan fingerprint density at radius 2 is 1.05 bits per heavy atom. The summed E-state index contributed by atoms with van der Waals surface area (Å²) in [5.74, 6) is 0. The topological polar surface area (TPSA) is 14.8 Å². The van der Waals surface area contributed by atoms with Crippen LogP contribution in [-0.4, -0.2) is 11.1 Å². The lowest BCUT2D eigenvalue weighted by Gasteiger charge is -2.44. The fraction of sp³-hybridized carbons (Fsp3) is 0.0392. The van der Waals surface area contributed by atoms with Crippen molar-refractivity contribution in [2.45, 2.75) is 6.92 Å². The van der Waals surface area contributed by atoms with E-state index in [9.17, 15) is 0 Å². The first-order valence-corrected chi connectivity index (χ1v) is 19.5. The number of aryl methyl sites for hydroxylation is 2. The van der Waals surface area contributed by atoms with Crippen LogP contribution in [0.1, 0.15) is 5.56 Å². The van der Waals surface area contributed by atoms with E-state index >= 15 is 0 Å². The van der Waals surface area contributed by atoms with Crippen LogP contribution in [0, 0.1) is 6.92 Å². The molecule has 0 aliphatic carbocycles. The number of hydrogen-bond donors (Lipinski definition) is 0. The molecule has 0 fully saturated rings. The number of aromatic nitrogens is 2. The van der Waals surface area contributed by atoms with E-state index in [-0.39, 0.29) is 6.71 Å². The van der Waals surface area contributed by atoms with E-state index in [2.05, 4.69) is 215 Å². The number of rotatable bonds is 3. The van der Waals surface area contributed by atoms with Crippen LogP contribution >= 0.6 is 0 Å². The van der Waals surface area contributed by atoms with Crippen LogP contribution < -0.4 is 30.8 Å². The van der Waals surface area contributed by atoms with Gasteiger partial charge in [-0.1, -0.05) is 109 Å². The molecule has 0 atom stereocenters. The molecule has 0 N–H and O–H groups in total. The fourth-order valence-corrected chi connectivity index (χ4v) is 9.93. The zero-order valence-corrected chi connectivity index (χ0v) is 31.2. The third-order valence-electron chi connectivity index (χ3n) is 12.3. The van der Waals surface area contributed by atoms with E-state index in [4.69, 9.17) is 0 Å². The number of fused-ring (bicyclic) bond motifs is 12. The zero-order chi connectivity index (χ0) is 37.1. The molecule has 0 unspecified atom stereocenters. The van der Waals surface area contributed by atoms with Crippen molar-refractivity contribution in [2.24, 2.45) is 7.05 Å². The molecule has 0 saturated carbocycles. The second kappa shape index (κ2) is 11.7. The lowest BCUT2D eigenvalue weighted by molar-refractivity contribution is -0.617. The monoisotopic (exact) mass is 715 g/mol. The average Bonchev–Trinajstić information content (AvgIpc) is 3.55.